The first-order valence-corrected chi connectivity index (χ1v) is 4.64. The number of rotatable bonds is 0. The summed E-state index contributed by atoms with van der Waals surface area (Å²) in [5.74, 6) is 0. The topological polar surface area (TPSA) is 12.0 Å². The van der Waals surface area contributed by atoms with Crippen LogP contribution in [0, 0.1) is 0 Å². The Morgan fingerprint density at radius 3 is 2.92 bits per heavy atom. The van der Waals surface area contributed by atoms with Crippen molar-refractivity contribution < 1.29 is 0 Å². The molecule has 1 nitrogen and oxygen atoms in total. The van der Waals surface area contributed by atoms with Crippen LogP contribution in [0.4, 0.5) is 0 Å². The van der Waals surface area contributed by atoms with Crippen molar-refractivity contribution in [3.05, 3.63) is 33.8 Å². The summed E-state index contributed by atoms with van der Waals surface area (Å²) in [5.41, 5.74) is 2.91. The first-order valence-electron chi connectivity index (χ1n) is 3.85. The van der Waals surface area contributed by atoms with Crippen molar-refractivity contribution in [3.8, 4) is 0 Å². The normalized spacial score (nSPS) is 14.8. The minimum Gasteiger partial charge on any atom is -0.312 e. The van der Waals surface area contributed by atoms with E-state index in [1.807, 2.05) is 0 Å². The van der Waals surface area contributed by atoms with Gasteiger partial charge in [-0.05, 0) is 30.2 Å². The average molecular weight is 249 g/mol. The molecule has 0 fully saturated rings. The summed E-state index contributed by atoms with van der Waals surface area (Å²) in [4.78, 5) is 0. The van der Waals surface area contributed by atoms with Gasteiger partial charge in [0.05, 0.1) is 0 Å². The molecule has 1 aromatic rings. The van der Waals surface area contributed by atoms with Gasteiger partial charge in [0.25, 0.3) is 0 Å². The molecule has 0 bridgehead atoms. The van der Waals surface area contributed by atoms with Crippen molar-refractivity contribution in [2.45, 2.75) is 13.0 Å². The Bertz CT molecular complexity index is 275. The lowest BCUT2D eigenvalue weighted by Gasteiger charge is -2.17. The molecule has 3 heteroatoms. The van der Waals surface area contributed by atoms with Crippen LogP contribution >= 0.6 is 28.3 Å². The average Bonchev–Trinajstić information content (AvgIpc) is 2.06. The standard InChI is InChI=1S/C9H10BrN.ClH/c10-9-3-1-2-7-4-5-11-6-8(7)9;/h1-3,11H,4-6H2;1H. The fourth-order valence-corrected chi connectivity index (χ4v) is 2.02. The zero-order valence-corrected chi connectivity index (χ0v) is 9.04. The fraction of sp³-hybridized carbons (Fsp3) is 0.333. The third-order valence-corrected chi connectivity index (χ3v) is 2.83. The maximum absolute atomic E-state index is 3.54. The van der Waals surface area contributed by atoms with Gasteiger partial charge in [-0.3, -0.25) is 0 Å². The van der Waals surface area contributed by atoms with Gasteiger partial charge in [0.1, 0.15) is 0 Å². The lowest BCUT2D eigenvalue weighted by Crippen LogP contribution is -2.23. The maximum atomic E-state index is 3.54. The maximum Gasteiger partial charge on any atom is 0.0223 e. The monoisotopic (exact) mass is 247 g/mol. The number of fused-ring (bicyclic) bond motifs is 1. The molecule has 0 aliphatic carbocycles. The van der Waals surface area contributed by atoms with Crippen molar-refractivity contribution in [2.24, 2.45) is 0 Å². The Balaban J connectivity index is 0.000000720. The third kappa shape index (κ3) is 1.82. The molecule has 66 valence electrons. The molecule has 0 radical (unpaired) electrons. The van der Waals surface area contributed by atoms with E-state index >= 15 is 0 Å². The molecule has 0 aromatic heterocycles. The smallest absolute Gasteiger partial charge is 0.0223 e. The van der Waals surface area contributed by atoms with E-state index < -0.39 is 0 Å². The minimum absolute atomic E-state index is 0. The molecule has 0 spiro atoms. The molecule has 1 aliphatic rings. The fourth-order valence-electron chi connectivity index (χ4n) is 1.47. The summed E-state index contributed by atoms with van der Waals surface area (Å²) in [5, 5.41) is 3.35. The van der Waals surface area contributed by atoms with Crippen LogP contribution in [-0.2, 0) is 13.0 Å². The molecular weight excluding hydrogens is 237 g/mol. The summed E-state index contributed by atoms with van der Waals surface area (Å²) in [6, 6.07) is 6.42. The quantitative estimate of drug-likeness (QED) is 0.744. The van der Waals surface area contributed by atoms with Gasteiger partial charge in [0, 0.05) is 11.0 Å². The molecule has 0 saturated carbocycles. The Labute approximate surface area is 87.1 Å². The van der Waals surface area contributed by atoms with Gasteiger partial charge in [-0.15, -0.1) is 12.4 Å². The van der Waals surface area contributed by atoms with E-state index in [1.165, 1.54) is 15.6 Å². The highest BCUT2D eigenvalue weighted by Gasteiger charge is 2.09. The predicted octanol–water partition coefficient (Wildman–Crippen LogP) is 2.52. The Hall–Kier alpha value is -0.0500. The van der Waals surface area contributed by atoms with E-state index in [0.29, 0.717) is 0 Å². The van der Waals surface area contributed by atoms with Crippen LogP contribution in [0.5, 0.6) is 0 Å². The largest absolute Gasteiger partial charge is 0.312 e. The first-order chi connectivity index (χ1) is 5.38. The van der Waals surface area contributed by atoms with Crippen molar-refractivity contribution in [2.75, 3.05) is 6.54 Å². The second-order valence-corrected chi connectivity index (χ2v) is 3.66. The molecule has 0 atom stereocenters. The van der Waals surface area contributed by atoms with Crippen LogP contribution in [0.1, 0.15) is 11.1 Å². The van der Waals surface area contributed by atoms with Crippen molar-refractivity contribution in [1.29, 1.82) is 0 Å². The van der Waals surface area contributed by atoms with Crippen LogP contribution in [0.3, 0.4) is 0 Å². The Morgan fingerprint density at radius 2 is 2.17 bits per heavy atom. The van der Waals surface area contributed by atoms with Crippen molar-refractivity contribution in [1.82, 2.24) is 5.32 Å². The highest BCUT2D eigenvalue weighted by Crippen LogP contribution is 2.22. The molecule has 1 aromatic carbocycles. The summed E-state index contributed by atoms with van der Waals surface area (Å²) < 4.78 is 1.24. The molecule has 1 N–H and O–H groups in total. The van der Waals surface area contributed by atoms with E-state index in [1.54, 1.807) is 0 Å². The number of benzene rings is 1. The summed E-state index contributed by atoms with van der Waals surface area (Å²) in [6.45, 7) is 2.13. The van der Waals surface area contributed by atoms with Gasteiger partial charge in [-0.1, -0.05) is 28.1 Å². The molecule has 0 saturated heterocycles. The predicted molar refractivity (Wildman–Crippen MR) is 56.8 cm³/mol. The lowest BCUT2D eigenvalue weighted by molar-refractivity contribution is 0.641. The van der Waals surface area contributed by atoms with Gasteiger partial charge in [-0.25, -0.2) is 0 Å². The summed E-state index contributed by atoms with van der Waals surface area (Å²) in [7, 11) is 0. The summed E-state index contributed by atoms with van der Waals surface area (Å²) >= 11 is 3.54. The Kier molecular flexibility index (Phi) is 3.56. The number of hydrogen-bond donors (Lipinski definition) is 1. The molecule has 0 amide bonds. The number of halogens is 2. The van der Waals surface area contributed by atoms with Gasteiger partial charge < -0.3 is 5.32 Å². The van der Waals surface area contributed by atoms with Crippen LogP contribution in [-0.4, -0.2) is 6.54 Å². The third-order valence-electron chi connectivity index (χ3n) is 2.09. The molecule has 0 unspecified atom stereocenters. The zero-order chi connectivity index (χ0) is 7.68. The summed E-state index contributed by atoms with van der Waals surface area (Å²) in [6.07, 6.45) is 1.16. The molecule has 2 rings (SSSR count). The minimum atomic E-state index is 0. The van der Waals surface area contributed by atoms with E-state index in [2.05, 4.69) is 39.4 Å². The number of nitrogens with one attached hydrogen (secondary N) is 1. The van der Waals surface area contributed by atoms with Gasteiger partial charge in [0.15, 0.2) is 0 Å². The molecular formula is C9H11BrClN. The van der Waals surface area contributed by atoms with Crippen molar-refractivity contribution >= 4 is 28.3 Å². The SMILES string of the molecule is Brc1cccc2c1CNCC2.Cl. The van der Waals surface area contributed by atoms with Crippen LogP contribution in [0.15, 0.2) is 22.7 Å². The van der Waals surface area contributed by atoms with E-state index in [9.17, 15) is 0 Å². The van der Waals surface area contributed by atoms with Crippen LogP contribution in [0.25, 0.3) is 0 Å². The van der Waals surface area contributed by atoms with Gasteiger partial charge in [-0.2, -0.15) is 0 Å². The second-order valence-electron chi connectivity index (χ2n) is 2.80. The molecule has 1 heterocycles. The van der Waals surface area contributed by atoms with E-state index in [0.717, 1.165) is 19.5 Å². The number of hydrogen-bond acceptors (Lipinski definition) is 1. The molecule has 1 aliphatic heterocycles. The highest BCUT2D eigenvalue weighted by molar-refractivity contribution is 9.10. The highest BCUT2D eigenvalue weighted by atomic mass is 79.9. The van der Waals surface area contributed by atoms with E-state index in [4.69, 9.17) is 0 Å². The van der Waals surface area contributed by atoms with Gasteiger partial charge >= 0.3 is 0 Å². The van der Waals surface area contributed by atoms with E-state index in [-0.39, 0.29) is 12.4 Å². The van der Waals surface area contributed by atoms with Crippen molar-refractivity contribution in [3.63, 3.8) is 0 Å². The molecule has 12 heavy (non-hydrogen) atoms. The van der Waals surface area contributed by atoms with Gasteiger partial charge in [0.2, 0.25) is 0 Å². The van der Waals surface area contributed by atoms with Crippen LogP contribution < -0.4 is 5.32 Å². The Morgan fingerprint density at radius 1 is 1.33 bits per heavy atom. The van der Waals surface area contributed by atoms with Crippen LogP contribution in [0.2, 0.25) is 0 Å². The zero-order valence-electron chi connectivity index (χ0n) is 6.64. The first kappa shape index (κ1) is 10.0. The second kappa shape index (κ2) is 4.26. The lowest BCUT2D eigenvalue weighted by atomic mass is 10.0.